The van der Waals surface area contributed by atoms with Gasteiger partial charge in [0.15, 0.2) is 0 Å². The SMILES string of the molecule is CC(=NOCCOS(C)(=O)=O)c1ccccc1. The molecule has 0 saturated heterocycles. The smallest absolute Gasteiger partial charge is 0.264 e. The molecular weight excluding hydrogens is 242 g/mol. The van der Waals surface area contributed by atoms with Crippen LogP contribution in [0, 0.1) is 0 Å². The summed E-state index contributed by atoms with van der Waals surface area (Å²) in [6.45, 7) is 1.87. The van der Waals surface area contributed by atoms with Crippen molar-refractivity contribution in [2.75, 3.05) is 19.5 Å². The van der Waals surface area contributed by atoms with Gasteiger partial charge in [-0.3, -0.25) is 4.18 Å². The van der Waals surface area contributed by atoms with E-state index in [1.807, 2.05) is 37.3 Å². The van der Waals surface area contributed by atoms with Crippen molar-refractivity contribution in [3.63, 3.8) is 0 Å². The Balaban J connectivity index is 2.35. The fourth-order valence-electron chi connectivity index (χ4n) is 1.10. The van der Waals surface area contributed by atoms with Crippen molar-refractivity contribution in [2.24, 2.45) is 5.16 Å². The lowest BCUT2D eigenvalue weighted by atomic mass is 10.1. The topological polar surface area (TPSA) is 65.0 Å². The Morgan fingerprint density at radius 3 is 2.47 bits per heavy atom. The van der Waals surface area contributed by atoms with Crippen LogP contribution in [0.1, 0.15) is 12.5 Å². The molecule has 0 atom stereocenters. The Bertz CT molecular complexity index is 468. The molecule has 0 spiro atoms. The number of benzene rings is 1. The van der Waals surface area contributed by atoms with Crippen LogP contribution in [0.5, 0.6) is 0 Å². The Kier molecular flexibility index (Phi) is 5.11. The van der Waals surface area contributed by atoms with Gasteiger partial charge in [0.05, 0.1) is 12.0 Å². The van der Waals surface area contributed by atoms with Crippen LogP contribution in [-0.2, 0) is 19.1 Å². The van der Waals surface area contributed by atoms with Crippen LogP contribution in [0.2, 0.25) is 0 Å². The van der Waals surface area contributed by atoms with E-state index in [2.05, 4.69) is 9.34 Å². The average Bonchev–Trinajstić information content (AvgIpc) is 2.28. The average molecular weight is 257 g/mol. The molecule has 1 aromatic rings. The molecule has 0 N–H and O–H groups in total. The van der Waals surface area contributed by atoms with E-state index < -0.39 is 10.1 Å². The fourth-order valence-corrected chi connectivity index (χ4v) is 1.47. The largest absolute Gasteiger partial charge is 0.393 e. The van der Waals surface area contributed by atoms with Crippen LogP contribution in [0.25, 0.3) is 0 Å². The molecule has 0 heterocycles. The van der Waals surface area contributed by atoms with Gasteiger partial charge in [-0.2, -0.15) is 8.42 Å². The van der Waals surface area contributed by atoms with Crippen LogP contribution in [0.15, 0.2) is 35.5 Å². The van der Waals surface area contributed by atoms with Crippen molar-refractivity contribution in [1.82, 2.24) is 0 Å². The molecule has 6 heteroatoms. The highest BCUT2D eigenvalue weighted by atomic mass is 32.2. The van der Waals surface area contributed by atoms with Crippen LogP contribution in [0.3, 0.4) is 0 Å². The maximum atomic E-state index is 10.6. The van der Waals surface area contributed by atoms with Crippen LogP contribution in [0.4, 0.5) is 0 Å². The zero-order chi connectivity index (χ0) is 12.7. The third-order valence-corrected chi connectivity index (χ3v) is 2.46. The lowest BCUT2D eigenvalue weighted by molar-refractivity contribution is 0.109. The molecule has 0 fully saturated rings. The molecule has 94 valence electrons. The first-order valence-corrected chi connectivity index (χ1v) is 6.87. The van der Waals surface area contributed by atoms with E-state index in [1.54, 1.807) is 0 Å². The van der Waals surface area contributed by atoms with E-state index in [1.165, 1.54) is 0 Å². The van der Waals surface area contributed by atoms with Crippen molar-refractivity contribution in [3.8, 4) is 0 Å². The second kappa shape index (κ2) is 6.36. The minimum atomic E-state index is -3.41. The van der Waals surface area contributed by atoms with Gasteiger partial charge in [-0.25, -0.2) is 0 Å². The Morgan fingerprint density at radius 1 is 1.24 bits per heavy atom. The number of nitrogens with zero attached hydrogens (tertiary/aromatic N) is 1. The first-order chi connectivity index (χ1) is 7.99. The summed E-state index contributed by atoms with van der Waals surface area (Å²) < 4.78 is 25.8. The summed E-state index contributed by atoms with van der Waals surface area (Å²) in [5, 5.41) is 3.86. The van der Waals surface area contributed by atoms with Gasteiger partial charge < -0.3 is 4.84 Å². The van der Waals surface area contributed by atoms with Gasteiger partial charge in [0, 0.05) is 0 Å². The summed E-state index contributed by atoms with van der Waals surface area (Å²) >= 11 is 0. The van der Waals surface area contributed by atoms with Gasteiger partial charge in [0.2, 0.25) is 0 Å². The second-order valence-corrected chi connectivity index (χ2v) is 5.05. The molecule has 0 unspecified atom stereocenters. The highest BCUT2D eigenvalue weighted by Gasteiger charge is 2.00. The molecule has 17 heavy (non-hydrogen) atoms. The van der Waals surface area contributed by atoms with E-state index in [0.29, 0.717) is 0 Å². The maximum absolute atomic E-state index is 10.6. The summed E-state index contributed by atoms with van der Waals surface area (Å²) in [4.78, 5) is 4.94. The van der Waals surface area contributed by atoms with Crippen LogP contribution in [-0.4, -0.2) is 33.6 Å². The zero-order valence-electron chi connectivity index (χ0n) is 9.79. The van der Waals surface area contributed by atoms with E-state index >= 15 is 0 Å². The van der Waals surface area contributed by atoms with Crippen LogP contribution >= 0.6 is 0 Å². The highest BCUT2D eigenvalue weighted by molar-refractivity contribution is 7.85. The van der Waals surface area contributed by atoms with E-state index in [-0.39, 0.29) is 13.2 Å². The van der Waals surface area contributed by atoms with E-state index in [0.717, 1.165) is 17.5 Å². The summed E-state index contributed by atoms with van der Waals surface area (Å²) in [6, 6.07) is 9.55. The molecule has 0 aliphatic heterocycles. The highest BCUT2D eigenvalue weighted by Crippen LogP contribution is 2.01. The van der Waals surface area contributed by atoms with Gasteiger partial charge in [-0.1, -0.05) is 35.5 Å². The maximum Gasteiger partial charge on any atom is 0.264 e. The summed E-state index contributed by atoms with van der Waals surface area (Å²) in [7, 11) is -3.41. The number of rotatable bonds is 6. The first kappa shape index (κ1) is 13.7. The van der Waals surface area contributed by atoms with Gasteiger partial charge in [0.25, 0.3) is 10.1 Å². The molecule has 0 aromatic heterocycles. The molecule has 0 saturated carbocycles. The molecule has 1 aromatic carbocycles. The number of hydrogen-bond acceptors (Lipinski definition) is 5. The summed E-state index contributed by atoms with van der Waals surface area (Å²) in [6.07, 6.45) is 0.992. The van der Waals surface area contributed by atoms with E-state index in [9.17, 15) is 8.42 Å². The second-order valence-electron chi connectivity index (χ2n) is 3.40. The monoisotopic (exact) mass is 257 g/mol. The minimum absolute atomic E-state index is 0.0373. The van der Waals surface area contributed by atoms with Gasteiger partial charge >= 0.3 is 0 Å². The molecule has 0 aliphatic carbocycles. The first-order valence-electron chi connectivity index (χ1n) is 5.05. The Morgan fingerprint density at radius 2 is 1.88 bits per heavy atom. The van der Waals surface area contributed by atoms with Crippen LogP contribution < -0.4 is 0 Å². The predicted octanol–water partition coefficient (Wildman–Crippen LogP) is 1.40. The third kappa shape index (κ3) is 6.03. The van der Waals surface area contributed by atoms with E-state index in [4.69, 9.17) is 4.84 Å². The molecule has 0 amide bonds. The van der Waals surface area contributed by atoms with Gasteiger partial charge in [-0.15, -0.1) is 0 Å². The molecule has 0 radical (unpaired) electrons. The third-order valence-electron chi connectivity index (χ3n) is 1.87. The van der Waals surface area contributed by atoms with Crippen molar-refractivity contribution < 1.29 is 17.4 Å². The lowest BCUT2D eigenvalue weighted by Crippen LogP contribution is -2.08. The molecule has 5 nitrogen and oxygen atoms in total. The lowest BCUT2D eigenvalue weighted by Gasteiger charge is -2.02. The molecule has 1 rings (SSSR count). The number of hydrogen-bond donors (Lipinski definition) is 0. The molecule has 0 aliphatic rings. The van der Waals surface area contributed by atoms with Gasteiger partial charge in [-0.05, 0) is 12.5 Å². The van der Waals surface area contributed by atoms with Crippen molar-refractivity contribution in [1.29, 1.82) is 0 Å². The standard InChI is InChI=1S/C11H15NO4S/c1-10(11-6-4-3-5-7-11)12-15-8-9-16-17(2,13)14/h3-7H,8-9H2,1-2H3. The summed E-state index contributed by atoms with van der Waals surface area (Å²) in [5.74, 6) is 0. The number of oxime groups is 1. The summed E-state index contributed by atoms with van der Waals surface area (Å²) in [5.41, 5.74) is 1.68. The minimum Gasteiger partial charge on any atom is -0.393 e. The quantitative estimate of drug-likeness (QED) is 0.334. The van der Waals surface area contributed by atoms with Crippen molar-refractivity contribution >= 4 is 15.8 Å². The Labute approximate surface area is 101 Å². The molecule has 0 bridgehead atoms. The normalized spacial score (nSPS) is 12.5. The predicted molar refractivity (Wildman–Crippen MR) is 65.4 cm³/mol. The van der Waals surface area contributed by atoms with Crippen molar-refractivity contribution in [3.05, 3.63) is 35.9 Å². The fraction of sp³-hybridized carbons (Fsp3) is 0.364. The van der Waals surface area contributed by atoms with Crippen molar-refractivity contribution in [2.45, 2.75) is 6.92 Å². The molecular formula is C11H15NO4S. The van der Waals surface area contributed by atoms with Gasteiger partial charge in [0.1, 0.15) is 13.2 Å². The zero-order valence-corrected chi connectivity index (χ0v) is 10.6. The Hall–Kier alpha value is -1.40.